The fraction of sp³-hybridized carbons (Fsp3) is 0.462. The van der Waals surface area contributed by atoms with E-state index in [1.54, 1.807) is 26.0 Å². The Morgan fingerprint density at radius 3 is 2.58 bits per heavy atom. The van der Waals surface area contributed by atoms with Crippen molar-refractivity contribution in [3.8, 4) is 5.75 Å². The molecule has 0 saturated heterocycles. The van der Waals surface area contributed by atoms with E-state index in [9.17, 15) is 9.18 Å². The van der Waals surface area contributed by atoms with Crippen molar-refractivity contribution in [3.63, 3.8) is 0 Å². The van der Waals surface area contributed by atoms with Crippen molar-refractivity contribution >= 4 is 17.7 Å². The minimum absolute atomic E-state index is 0.310. The molecule has 0 spiro atoms. The summed E-state index contributed by atoms with van der Waals surface area (Å²) in [6.07, 6.45) is 0. The van der Waals surface area contributed by atoms with Gasteiger partial charge in [0.25, 0.3) is 0 Å². The number of rotatable bonds is 7. The molecule has 1 aromatic carbocycles. The fourth-order valence-electron chi connectivity index (χ4n) is 1.38. The second-order valence-corrected chi connectivity index (χ2v) is 6.32. The number of thioether (sulfide) groups is 1. The van der Waals surface area contributed by atoms with Crippen LogP contribution in [0.25, 0.3) is 0 Å². The molecule has 106 valence electrons. The van der Waals surface area contributed by atoms with E-state index in [0.29, 0.717) is 18.1 Å². The van der Waals surface area contributed by atoms with Gasteiger partial charge in [-0.2, -0.15) is 0 Å². The summed E-state index contributed by atoms with van der Waals surface area (Å²) in [5, 5.41) is 8.87. The van der Waals surface area contributed by atoms with Crippen LogP contribution in [0.2, 0.25) is 0 Å². The number of carboxylic acid groups (broad SMARTS) is 1. The minimum atomic E-state index is -1.02. The van der Waals surface area contributed by atoms with Crippen molar-refractivity contribution in [1.29, 1.82) is 0 Å². The number of nitrogens with two attached hydrogens (primary N) is 1. The van der Waals surface area contributed by atoms with E-state index in [1.807, 2.05) is 0 Å². The van der Waals surface area contributed by atoms with Crippen LogP contribution in [0.3, 0.4) is 0 Å². The normalized spacial score (nSPS) is 13.1. The number of ether oxygens (including phenoxy) is 1. The monoisotopic (exact) mass is 287 g/mol. The molecule has 0 aliphatic heterocycles. The Morgan fingerprint density at radius 2 is 2.05 bits per heavy atom. The van der Waals surface area contributed by atoms with Crippen LogP contribution in [-0.4, -0.2) is 34.2 Å². The van der Waals surface area contributed by atoms with Gasteiger partial charge >= 0.3 is 5.97 Å². The second kappa shape index (κ2) is 6.77. The highest BCUT2D eigenvalue weighted by atomic mass is 32.2. The number of carbonyl (C=O) groups is 1. The van der Waals surface area contributed by atoms with Gasteiger partial charge in [-0.15, -0.1) is 11.8 Å². The van der Waals surface area contributed by atoms with E-state index < -0.39 is 16.8 Å². The highest BCUT2D eigenvalue weighted by Gasteiger charge is 2.32. The zero-order chi connectivity index (χ0) is 14.5. The first-order valence-corrected chi connectivity index (χ1v) is 6.82. The molecular formula is C13H18FNO3S. The van der Waals surface area contributed by atoms with E-state index in [4.69, 9.17) is 15.6 Å². The minimum Gasteiger partial charge on any atom is -0.493 e. The van der Waals surface area contributed by atoms with Gasteiger partial charge in [-0.1, -0.05) is 0 Å². The molecule has 1 rings (SSSR count). The summed E-state index contributed by atoms with van der Waals surface area (Å²) >= 11 is 1.43. The lowest BCUT2D eigenvalue weighted by atomic mass is 10.1. The van der Waals surface area contributed by atoms with Gasteiger partial charge in [0.05, 0.1) is 6.61 Å². The van der Waals surface area contributed by atoms with Crippen LogP contribution < -0.4 is 10.5 Å². The highest BCUT2D eigenvalue weighted by Crippen LogP contribution is 2.27. The predicted octanol–water partition coefficient (Wildman–Crippen LogP) is 2.13. The summed E-state index contributed by atoms with van der Waals surface area (Å²) < 4.78 is 17.5. The van der Waals surface area contributed by atoms with Crippen molar-refractivity contribution in [2.24, 2.45) is 5.73 Å². The molecule has 0 radical (unpaired) electrons. The third-order valence-electron chi connectivity index (χ3n) is 2.65. The van der Waals surface area contributed by atoms with Crippen LogP contribution in [0.4, 0.5) is 4.39 Å². The van der Waals surface area contributed by atoms with Gasteiger partial charge in [0, 0.05) is 10.5 Å². The molecule has 0 aliphatic carbocycles. The quantitative estimate of drug-likeness (QED) is 0.752. The van der Waals surface area contributed by atoms with Crippen molar-refractivity contribution in [2.75, 3.05) is 12.4 Å². The first-order valence-electron chi connectivity index (χ1n) is 5.83. The SMILES string of the molecule is CC(C)(SCCOc1ccc(F)cc1)[C@@H](N)C(=O)O. The summed E-state index contributed by atoms with van der Waals surface area (Å²) in [6.45, 7) is 3.98. The molecule has 6 heteroatoms. The average Bonchev–Trinajstić information content (AvgIpc) is 2.35. The fourth-order valence-corrected chi connectivity index (χ4v) is 2.36. The first-order chi connectivity index (χ1) is 8.83. The molecule has 0 saturated carbocycles. The second-order valence-electron chi connectivity index (χ2n) is 4.57. The van der Waals surface area contributed by atoms with Crippen LogP contribution in [0.5, 0.6) is 5.75 Å². The van der Waals surface area contributed by atoms with Gasteiger partial charge in [0.1, 0.15) is 17.6 Å². The van der Waals surface area contributed by atoms with Crippen molar-refractivity contribution in [3.05, 3.63) is 30.1 Å². The lowest BCUT2D eigenvalue weighted by Crippen LogP contribution is -2.47. The average molecular weight is 287 g/mol. The molecule has 0 aromatic heterocycles. The Hall–Kier alpha value is -1.27. The van der Waals surface area contributed by atoms with Crippen molar-refractivity contribution in [1.82, 2.24) is 0 Å². The van der Waals surface area contributed by atoms with Gasteiger partial charge < -0.3 is 15.6 Å². The Labute approximate surface area is 116 Å². The Bertz CT molecular complexity index is 422. The zero-order valence-corrected chi connectivity index (χ0v) is 11.7. The third kappa shape index (κ3) is 5.08. The lowest BCUT2D eigenvalue weighted by Gasteiger charge is -2.27. The maximum atomic E-state index is 12.7. The Kier molecular flexibility index (Phi) is 5.62. The van der Waals surface area contributed by atoms with Gasteiger partial charge in [0.2, 0.25) is 0 Å². The van der Waals surface area contributed by atoms with Gasteiger partial charge in [-0.25, -0.2) is 4.39 Å². The summed E-state index contributed by atoms with van der Waals surface area (Å²) in [7, 11) is 0. The van der Waals surface area contributed by atoms with Crippen LogP contribution in [0.15, 0.2) is 24.3 Å². The van der Waals surface area contributed by atoms with Crippen LogP contribution in [0.1, 0.15) is 13.8 Å². The maximum absolute atomic E-state index is 12.7. The summed E-state index contributed by atoms with van der Waals surface area (Å²) in [4.78, 5) is 10.8. The van der Waals surface area contributed by atoms with Gasteiger partial charge in [-0.05, 0) is 38.1 Å². The largest absolute Gasteiger partial charge is 0.493 e. The summed E-state index contributed by atoms with van der Waals surface area (Å²) in [6, 6.07) is 4.82. The van der Waals surface area contributed by atoms with E-state index in [1.165, 1.54) is 23.9 Å². The molecule has 3 N–H and O–H groups in total. The number of aliphatic carboxylic acids is 1. The van der Waals surface area contributed by atoms with E-state index in [-0.39, 0.29) is 5.82 Å². The molecule has 1 aromatic rings. The topological polar surface area (TPSA) is 72.5 Å². The van der Waals surface area contributed by atoms with Crippen molar-refractivity contribution in [2.45, 2.75) is 24.6 Å². The van der Waals surface area contributed by atoms with E-state index in [0.717, 1.165) is 0 Å². The molecule has 0 aliphatic rings. The number of hydrogen-bond donors (Lipinski definition) is 2. The van der Waals surface area contributed by atoms with E-state index >= 15 is 0 Å². The third-order valence-corrected chi connectivity index (χ3v) is 4.02. The molecule has 0 unspecified atom stereocenters. The van der Waals surface area contributed by atoms with Crippen molar-refractivity contribution < 1.29 is 19.0 Å². The van der Waals surface area contributed by atoms with E-state index in [2.05, 4.69) is 0 Å². The first kappa shape index (κ1) is 15.8. The molecular weight excluding hydrogens is 269 g/mol. The van der Waals surface area contributed by atoms with Crippen LogP contribution in [0, 0.1) is 5.82 Å². The lowest BCUT2D eigenvalue weighted by molar-refractivity contribution is -0.139. The number of hydrogen-bond acceptors (Lipinski definition) is 4. The number of halogens is 1. The maximum Gasteiger partial charge on any atom is 0.321 e. The van der Waals surface area contributed by atoms with Gasteiger partial charge in [-0.3, -0.25) is 4.79 Å². The summed E-state index contributed by atoms with van der Waals surface area (Å²) in [5.74, 6) is -0.139. The molecule has 0 bridgehead atoms. The number of benzene rings is 1. The highest BCUT2D eigenvalue weighted by molar-refractivity contribution is 8.00. The smallest absolute Gasteiger partial charge is 0.321 e. The Balaban J connectivity index is 2.34. The molecule has 19 heavy (non-hydrogen) atoms. The van der Waals surface area contributed by atoms with Crippen LogP contribution >= 0.6 is 11.8 Å². The molecule has 4 nitrogen and oxygen atoms in total. The molecule has 0 amide bonds. The number of carboxylic acids is 1. The zero-order valence-electron chi connectivity index (χ0n) is 10.9. The Morgan fingerprint density at radius 1 is 1.47 bits per heavy atom. The van der Waals surface area contributed by atoms with Crippen LogP contribution in [-0.2, 0) is 4.79 Å². The van der Waals surface area contributed by atoms with Gasteiger partial charge in [0.15, 0.2) is 0 Å². The molecule has 0 fully saturated rings. The predicted molar refractivity (Wildman–Crippen MR) is 74.0 cm³/mol. The molecule has 0 heterocycles. The standard InChI is InChI=1S/C13H18FNO3S/c1-13(2,11(15)12(16)17)19-8-7-18-10-5-3-9(14)4-6-10/h3-6,11H,7-8,15H2,1-2H3,(H,16,17)/t11-/m0/s1. The molecule has 1 atom stereocenters. The summed E-state index contributed by atoms with van der Waals surface area (Å²) in [5.41, 5.74) is 5.60.